The van der Waals surface area contributed by atoms with Gasteiger partial charge in [0.15, 0.2) is 0 Å². The Morgan fingerprint density at radius 2 is 1.95 bits per heavy atom. The number of carbonyl (C=O) groups is 3. The van der Waals surface area contributed by atoms with Crippen molar-refractivity contribution >= 4 is 29.7 Å². The summed E-state index contributed by atoms with van der Waals surface area (Å²) >= 11 is 1.59. The van der Waals surface area contributed by atoms with Gasteiger partial charge in [-0.25, -0.2) is 9.59 Å². The van der Waals surface area contributed by atoms with Gasteiger partial charge < -0.3 is 21.5 Å². The van der Waals surface area contributed by atoms with Crippen LogP contribution in [0.2, 0.25) is 0 Å². The van der Waals surface area contributed by atoms with Crippen LogP contribution < -0.4 is 16.4 Å². The molecule has 0 aromatic rings. The van der Waals surface area contributed by atoms with Gasteiger partial charge in [-0.15, -0.1) is 0 Å². The molecule has 8 heteroatoms. The quantitative estimate of drug-likeness (QED) is 0.507. The van der Waals surface area contributed by atoms with E-state index in [0.717, 1.165) is 0 Å². The molecule has 0 heterocycles. The molecule has 0 aromatic carbocycles. The SMILES string of the molecule is CSC(C)(C)CNC(=O)N[C@@H](CCC(N)=O)C(=O)O. The van der Waals surface area contributed by atoms with Gasteiger partial charge in [0, 0.05) is 17.7 Å². The van der Waals surface area contributed by atoms with Gasteiger partial charge in [-0.1, -0.05) is 0 Å². The van der Waals surface area contributed by atoms with Crippen molar-refractivity contribution in [3.05, 3.63) is 0 Å². The van der Waals surface area contributed by atoms with E-state index in [1.54, 1.807) is 11.8 Å². The number of urea groups is 1. The molecule has 0 unspecified atom stereocenters. The van der Waals surface area contributed by atoms with E-state index in [-0.39, 0.29) is 17.6 Å². The van der Waals surface area contributed by atoms with E-state index in [4.69, 9.17) is 10.8 Å². The van der Waals surface area contributed by atoms with E-state index in [2.05, 4.69) is 10.6 Å². The molecular formula is C11H21N3O4S. The number of hydrogen-bond acceptors (Lipinski definition) is 4. The van der Waals surface area contributed by atoms with Crippen molar-refractivity contribution in [2.45, 2.75) is 37.5 Å². The molecule has 0 aliphatic carbocycles. The van der Waals surface area contributed by atoms with Crippen LogP contribution in [0.4, 0.5) is 4.79 Å². The second-order valence-corrected chi connectivity index (χ2v) is 6.20. The van der Waals surface area contributed by atoms with Crippen LogP contribution >= 0.6 is 11.8 Å². The average Bonchev–Trinajstić information content (AvgIpc) is 2.31. The number of primary amides is 1. The number of nitrogens with two attached hydrogens (primary N) is 1. The van der Waals surface area contributed by atoms with Crippen molar-refractivity contribution < 1.29 is 19.5 Å². The Morgan fingerprint density at radius 1 is 1.37 bits per heavy atom. The summed E-state index contributed by atoms with van der Waals surface area (Å²) < 4.78 is -0.136. The fourth-order valence-electron chi connectivity index (χ4n) is 1.12. The molecule has 0 radical (unpaired) electrons. The normalized spacial score (nSPS) is 12.6. The molecule has 0 bridgehead atoms. The van der Waals surface area contributed by atoms with Crippen molar-refractivity contribution in [2.75, 3.05) is 12.8 Å². The van der Waals surface area contributed by atoms with Crippen molar-refractivity contribution in [3.8, 4) is 0 Å². The third-order valence-electron chi connectivity index (χ3n) is 2.51. The lowest BCUT2D eigenvalue weighted by Crippen LogP contribution is -2.48. The Balaban J connectivity index is 4.25. The van der Waals surface area contributed by atoms with Crippen molar-refractivity contribution in [1.82, 2.24) is 10.6 Å². The first-order chi connectivity index (χ1) is 8.68. The van der Waals surface area contributed by atoms with E-state index in [1.165, 1.54) is 0 Å². The maximum absolute atomic E-state index is 11.6. The number of aliphatic carboxylic acids is 1. The summed E-state index contributed by atoms with van der Waals surface area (Å²) in [7, 11) is 0. The molecular weight excluding hydrogens is 270 g/mol. The summed E-state index contributed by atoms with van der Waals surface area (Å²) in [5, 5.41) is 13.8. The molecule has 0 aliphatic rings. The van der Waals surface area contributed by atoms with E-state index in [9.17, 15) is 14.4 Å². The van der Waals surface area contributed by atoms with Gasteiger partial charge in [0.25, 0.3) is 0 Å². The zero-order chi connectivity index (χ0) is 15.1. The first-order valence-corrected chi connectivity index (χ1v) is 7.01. The lowest BCUT2D eigenvalue weighted by atomic mass is 10.1. The third-order valence-corrected chi connectivity index (χ3v) is 3.76. The van der Waals surface area contributed by atoms with Crippen LogP contribution in [0.25, 0.3) is 0 Å². The maximum Gasteiger partial charge on any atom is 0.326 e. The zero-order valence-electron chi connectivity index (χ0n) is 11.4. The highest BCUT2D eigenvalue weighted by atomic mass is 32.2. The van der Waals surface area contributed by atoms with Gasteiger partial charge in [0.2, 0.25) is 5.91 Å². The van der Waals surface area contributed by atoms with E-state index in [0.29, 0.717) is 6.54 Å². The fraction of sp³-hybridized carbons (Fsp3) is 0.727. The Bertz CT molecular complexity index is 347. The first kappa shape index (κ1) is 17.6. The minimum absolute atomic E-state index is 0.0238. The van der Waals surface area contributed by atoms with Gasteiger partial charge in [-0.2, -0.15) is 11.8 Å². The first-order valence-electron chi connectivity index (χ1n) is 5.78. The molecule has 0 fully saturated rings. The summed E-state index contributed by atoms with van der Waals surface area (Å²) in [6, 6.07) is -1.69. The maximum atomic E-state index is 11.6. The Kier molecular flexibility index (Phi) is 7.28. The third kappa shape index (κ3) is 8.30. The molecule has 1 atom stereocenters. The predicted octanol–water partition coefficient (Wildman–Crippen LogP) is 0.146. The predicted molar refractivity (Wildman–Crippen MR) is 74.0 cm³/mol. The Labute approximate surface area is 116 Å². The zero-order valence-corrected chi connectivity index (χ0v) is 12.2. The van der Waals surface area contributed by atoms with Crippen LogP contribution in [0, 0.1) is 0 Å². The van der Waals surface area contributed by atoms with Crippen LogP contribution in [0.15, 0.2) is 0 Å². The Morgan fingerprint density at radius 3 is 2.37 bits per heavy atom. The van der Waals surface area contributed by atoms with E-state index in [1.807, 2.05) is 20.1 Å². The smallest absolute Gasteiger partial charge is 0.326 e. The van der Waals surface area contributed by atoms with Gasteiger partial charge in [0.1, 0.15) is 6.04 Å². The minimum Gasteiger partial charge on any atom is -0.480 e. The lowest BCUT2D eigenvalue weighted by molar-refractivity contribution is -0.139. The van der Waals surface area contributed by atoms with Crippen LogP contribution in [-0.4, -0.2) is 46.6 Å². The fourth-order valence-corrected chi connectivity index (χ4v) is 1.34. The monoisotopic (exact) mass is 291 g/mol. The number of carboxylic acid groups (broad SMARTS) is 1. The van der Waals surface area contributed by atoms with Crippen molar-refractivity contribution in [3.63, 3.8) is 0 Å². The number of hydrogen-bond donors (Lipinski definition) is 4. The highest BCUT2D eigenvalue weighted by Crippen LogP contribution is 2.19. The van der Waals surface area contributed by atoms with Crippen LogP contribution in [0.1, 0.15) is 26.7 Å². The van der Waals surface area contributed by atoms with Gasteiger partial charge in [-0.05, 0) is 26.5 Å². The largest absolute Gasteiger partial charge is 0.480 e. The molecule has 19 heavy (non-hydrogen) atoms. The highest BCUT2D eigenvalue weighted by molar-refractivity contribution is 7.99. The van der Waals surface area contributed by atoms with Crippen molar-refractivity contribution in [2.24, 2.45) is 5.73 Å². The number of carbonyl (C=O) groups excluding carboxylic acids is 2. The van der Waals surface area contributed by atoms with Crippen LogP contribution in [-0.2, 0) is 9.59 Å². The van der Waals surface area contributed by atoms with Crippen molar-refractivity contribution in [1.29, 1.82) is 0 Å². The second-order valence-electron chi connectivity index (χ2n) is 4.69. The molecule has 7 nitrogen and oxygen atoms in total. The molecule has 0 spiro atoms. The molecule has 0 saturated carbocycles. The number of nitrogens with one attached hydrogen (secondary N) is 2. The van der Waals surface area contributed by atoms with Crippen LogP contribution in [0.5, 0.6) is 0 Å². The molecule has 0 rings (SSSR count). The molecule has 3 amide bonds. The average molecular weight is 291 g/mol. The summed E-state index contributed by atoms with van der Waals surface area (Å²) in [5.74, 6) is -1.79. The highest BCUT2D eigenvalue weighted by Gasteiger charge is 2.22. The number of amides is 3. The topological polar surface area (TPSA) is 122 Å². The minimum atomic E-state index is -1.19. The van der Waals surface area contributed by atoms with E-state index < -0.39 is 23.9 Å². The number of rotatable bonds is 8. The standard InChI is InChI=1S/C11H21N3O4S/c1-11(2,19-3)6-13-10(18)14-7(9(16)17)4-5-8(12)15/h7H,4-6H2,1-3H3,(H2,12,15)(H,16,17)(H2,13,14,18)/t7-/m0/s1. The molecule has 0 saturated heterocycles. The number of thioether (sulfide) groups is 1. The van der Waals surface area contributed by atoms with E-state index >= 15 is 0 Å². The van der Waals surface area contributed by atoms with Crippen LogP contribution in [0.3, 0.4) is 0 Å². The van der Waals surface area contributed by atoms with Gasteiger partial charge in [-0.3, -0.25) is 4.79 Å². The molecule has 110 valence electrons. The van der Waals surface area contributed by atoms with Gasteiger partial charge in [0.05, 0.1) is 0 Å². The molecule has 5 N–H and O–H groups in total. The lowest BCUT2D eigenvalue weighted by Gasteiger charge is -2.23. The Hall–Kier alpha value is -1.44. The number of carboxylic acids is 1. The van der Waals surface area contributed by atoms with Gasteiger partial charge >= 0.3 is 12.0 Å². The molecule has 0 aromatic heterocycles. The summed E-state index contributed by atoms with van der Waals surface area (Å²) in [4.78, 5) is 33.1. The summed E-state index contributed by atoms with van der Waals surface area (Å²) in [6.07, 6.45) is 1.81. The summed E-state index contributed by atoms with van der Waals surface area (Å²) in [5.41, 5.74) is 4.94. The second kappa shape index (κ2) is 7.88. The molecule has 0 aliphatic heterocycles. The summed E-state index contributed by atoms with van der Waals surface area (Å²) in [6.45, 7) is 4.32.